The number of carboxylic acids is 1. The molecule has 0 heterocycles. The third-order valence-electron chi connectivity index (χ3n) is 2.30. The maximum Gasteiger partial charge on any atom is 0.522 e. The van der Waals surface area contributed by atoms with Gasteiger partial charge in [0.1, 0.15) is 0 Å². The fourth-order valence-corrected chi connectivity index (χ4v) is 1.69. The van der Waals surface area contributed by atoms with Gasteiger partial charge in [0, 0.05) is 0 Å². The summed E-state index contributed by atoms with van der Waals surface area (Å²) in [6, 6.07) is 0. The van der Waals surface area contributed by atoms with Crippen molar-refractivity contribution in [2.75, 3.05) is 0 Å². The van der Waals surface area contributed by atoms with Gasteiger partial charge in [-0.15, -0.1) is 13.2 Å². The highest BCUT2D eigenvalue weighted by Crippen LogP contribution is 2.31. The van der Waals surface area contributed by atoms with Gasteiger partial charge >= 0.3 is 12.3 Å². The molecule has 1 fully saturated rings. The van der Waals surface area contributed by atoms with E-state index in [-0.39, 0.29) is 12.8 Å². The van der Waals surface area contributed by atoms with Crippen molar-refractivity contribution in [2.45, 2.75) is 38.1 Å². The molecular weight excluding hydrogens is 201 g/mol. The lowest BCUT2D eigenvalue weighted by atomic mass is 9.86. The van der Waals surface area contributed by atoms with Gasteiger partial charge in [-0.25, -0.2) is 0 Å². The number of hydrogen-bond acceptors (Lipinski definition) is 2. The van der Waals surface area contributed by atoms with Gasteiger partial charge in [-0.2, -0.15) is 0 Å². The summed E-state index contributed by atoms with van der Waals surface area (Å²) in [5.74, 6) is -2.23. The smallest absolute Gasteiger partial charge is 0.481 e. The minimum Gasteiger partial charge on any atom is -0.481 e. The highest BCUT2D eigenvalue weighted by molar-refractivity contribution is 5.70. The van der Waals surface area contributed by atoms with Gasteiger partial charge in [0.2, 0.25) is 0 Å². The summed E-state index contributed by atoms with van der Waals surface area (Å²) in [7, 11) is 0. The van der Waals surface area contributed by atoms with Crippen LogP contribution in [0.3, 0.4) is 0 Å². The van der Waals surface area contributed by atoms with Gasteiger partial charge in [-0.1, -0.05) is 12.8 Å². The first kappa shape index (κ1) is 11.3. The Balaban J connectivity index is 2.59. The third-order valence-corrected chi connectivity index (χ3v) is 2.30. The van der Waals surface area contributed by atoms with Crippen molar-refractivity contribution in [1.82, 2.24) is 0 Å². The molecule has 82 valence electrons. The fourth-order valence-electron chi connectivity index (χ4n) is 1.69. The van der Waals surface area contributed by atoms with Crippen LogP contribution in [0.1, 0.15) is 25.7 Å². The SMILES string of the molecule is O=C(O)C1CCCCC1OC(F)(F)F. The van der Waals surface area contributed by atoms with E-state index < -0.39 is 24.4 Å². The molecule has 0 radical (unpaired) electrons. The number of halogens is 3. The van der Waals surface area contributed by atoms with Crippen LogP contribution in [0, 0.1) is 5.92 Å². The van der Waals surface area contributed by atoms with E-state index in [9.17, 15) is 18.0 Å². The topological polar surface area (TPSA) is 46.5 Å². The molecule has 14 heavy (non-hydrogen) atoms. The van der Waals surface area contributed by atoms with Crippen LogP contribution in [0.4, 0.5) is 13.2 Å². The lowest BCUT2D eigenvalue weighted by molar-refractivity contribution is -0.349. The van der Waals surface area contributed by atoms with Crippen molar-refractivity contribution in [3.8, 4) is 0 Å². The molecule has 2 atom stereocenters. The molecule has 1 saturated carbocycles. The molecule has 0 aromatic heterocycles. The minimum absolute atomic E-state index is 0.163. The number of alkyl halides is 3. The molecule has 2 unspecified atom stereocenters. The number of carbonyl (C=O) groups is 1. The van der Waals surface area contributed by atoms with Crippen molar-refractivity contribution in [1.29, 1.82) is 0 Å². The fraction of sp³-hybridized carbons (Fsp3) is 0.875. The number of aliphatic carboxylic acids is 1. The average Bonchev–Trinajstić information content (AvgIpc) is 2.01. The summed E-state index contributed by atoms with van der Waals surface area (Å²) in [6.07, 6.45) is -4.30. The molecule has 1 aliphatic carbocycles. The first-order valence-electron chi connectivity index (χ1n) is 4.37. The molecule has 1 N–H and O–H groups in total. The number of carboxylic acid groups (broad SMARTS) is 1. The summed E-state index contributed by atoms with van der Waals surface area (Å²) in [6.45, 7) is 0. The molecule has 0 bridgehead atoms. The van der Waals surface area contributed by atoms with Crippen LogP contribution in [-0.2, 0) is 9.53 Å². The van der Waals surface area contributed by atoms with Crippen molar-refractivity contribution < 1.29 is 27.8 Å². The summed E-state index contributed by atoms with van der Waals surface area (Å²) in [5.41, 5.74) is 0. The second-order valence-corrected chi connectivity index (χ2v) is 3.33. The summed E-state index contributed by atoms with van der Waals surface area (Å²) < 4.78 is 39.4. The highest BCUT2D eigenvalue weighted by Gasteiger charge is 2.40. The zero-order valence-corrected chi connectivity index (χ0v) is 7.38. The molecule has 0 aliphatic heterocycles. The monoisotopic (exact) mass is 212 g/mol. The van der Waals surface area contributed by atoms with Crippen LogP contribution >= 0.6 is 0 Å². The predicted octanol–water partition coefficient (Wildman–Crippen LogP) is 2.17. The zero-order valence-electron chi connectivity index (χ0n) is 7.38. The maximum atomic E-state index is 11.9. The normalized spacial score (nSPS) is 28.8. The largest absolute Gasteiger partial charge is 0.522 e. The second kappa shape index (κ2) is 4.16. The third kappa shape index (κ3) is 3.17. The summed E-state index contributed by atoms with van der Waals surface area (Å²) in [5, 5.41) is 8.66. The first-order chi connectivity index (χ1) is 6.40. The molecule has 0 aromatic rings. The average molecular weight is 212 g/mol. The van der Waals surface area contributed by atoms with Crippen molar-refractivity contribution >= 4 is 5.97 Å². The Morgan fingerprint density at radius 2 is 1.86 bits per heavy atom. The van der Waals surface area contributed by atoms with Crippen LogP contribution in [0.5, 0.6) is 0 Å². The molecule has 0 amide bonds. The van der Waals surface area contributed by atoms with Crippen LogP contribution in [0.25, 0.3) is 0 Å². The number of rotatable bonds is 2. The van der Waals surface area contributed by atoms with Crippen LogP contribution in [-0.4, -0.2) is 23.5 Å². The Hall–Kier alpha value is -0.780. The maximum absolute atomic E-state index is 11.9. The van der Waals surface area contributed by atoms with Gasteiger partial charge in [-0.3, -0.25) is 9.53 Å². The molecule has 0 spiro atoms. The molecule has 6 heteroatoms. The molecular formula is C8H11F3O3. The van der Waals surface area contributed by atoms with Gasteiger partial charge in [-0.05, 0) is 12.8 Å². The minimum atomic E-state index is -4.74. The Labute approximate surface area is 78.9 Å². The lowest BCUT2D eigenvalue weighted by Crippen LogP contribution is -2.37. The van der Waals surface area contributed by atoms with Crippen molar-refractivity contribution in [2.24, 2.45) is 5.92 Å². The summed E-state index contributed by atoms with van der Waals surface area (Å²) in [4.78, 5) is 10.6. The molecule has 0 saturated heterocycles. The van der Waals surface area contributed by atoms with Gasteiger partial charge in [0.15, 0.2) is 0 Å². The standard InChI is InChI=1S/C8H11F3O3/c9-8(10,11)14-6-4-2-1-3-5(6)7(12)13/h5-6H,1-4H2,(H,12,13). The lowest BCUT2D eigenvalue weighted by Gasteiger charge is -2.28. The zero-order chi connectivity index (χ0) is 10.8. The van der Waals surface area contributed by atoms with E-state index in [1.54, 1.807) is 0 Å². The van der Waals surface area contributed by atoms with E-state index >= 15 is 0 Å². The Bertz CT molecular complexity index is 214. The number of ether oxygens (including phenoxy) is 1. The Morgan fingerprint density at radius 1 is 1.29 bits per heavy atom. The van der Waals surface area contributed by atoms with Crippen LogP contribution < -0.4 is 0 Å². The molecule has 1 aliphatic rings. The van der Waals surface area contributed by atoms with E-state index in [0.717, 1.165) is 0 Å². The van der Waals surface area contributed by atoms with Crippen molar-refractivity contribution in [3.63, 3.8) is 0 Å². The molecule has 1 rings (SSSR count). The number of hydrogen-bond donors (Lipinski definition) is 1. The highest BCUT2D eigenvalue weighted by atomic mass is 19.4. The van der Waals surface area contributed by atoms with Gasteiger partial charge in [0.25, 0.3) is 0 Å². The first-order valence-corrected chi connectivity index (χ1v) is 4.37. The van der Waals surface area contributed by atoms with E-state index in [4.69, 9.17) is 5.11 Å². The Morgan fingerprint density at radius 3 is 2.36 bits per heavy atom. The van der Waals surface area contributed by atoms with Crippen LogP contribution in [0.2, 0.25) is 0 Å². The van der Waals surface area contributed by atoms with E-state index in [2.05, 4.69) is 4.74 Å². The second-order valence-electron chi connectivity index (χ2n) is 3.33. The van der Waals surface area contributed by atoms with Gasteiger partial charge < -0.3 is 5.11 Å². The van der Waals surface area contributed by atoms with E-state index in [0.29, 0.717) is 12.8 Å². The van der Waals surface area contributed by atoms with Crippen molar-refractivity contribution in [3.05, 3.63) is 0 Å². The van der Waals surface area contributed by atoms with E-state index in [1.807, 2.05) is 0 Å². The Kier molecular flexibility index (Phi) is 3.36. The molecule has 3 nitrogen and oxygen atoms in total. The van der Waals surface area contributed by atoms with Crippen LogP contribution in [0.15, 0.2) is 0 Å². The predicted molar refractivity (Wildman–Crippen MR) is 40.5 cm³/mol. The van der Waals surface area contributed by atoms with Gasteiger partial charge in [0.05, 0.1) is 12.0 Å². The molecule has 0 aromatic carbocycles. The quantitative estimate of drug-likeness (QED) is 0.762. The summed E-state index contributed by atoms with van der Waals surface area (Å²) >= 11 is 0. The van der Waals surface area contributed by atoms with E-state index in [1.165, 1.54) is 0 Å².